The molecule has 2 atom stereocenters. The summed E-state index contributed by atoms with van der Waals surface area (Å²) in [5.74, 6) is -1.58. The number of non-ortho nitro benzene ring substituents is 1. The summed E-state index contributed by atoms with van der Waals surface area (Å²) in [4.78, 5) is 31.9. The van der Waals surface area contributed by atoms with Gasteiger partial charge in [-0.15, -0.1) is 0 Å². The Hall–Kier alpha value is -3.18. The van der Waals surface area contributed by atoms with Gasteiger partial charge in [-0.05, 0) is 18.6 Å². The molecular weight excluding hydrogens is 390 g/mol. The molecular formula is C17H17N3O7S. The number of hydrogen-bond acceptors (Lipinski definition) is 7. The van der Waals surface area contributed by atoms with Crippen molar-refractivity contribution in [3.63, 3.8) is 0 Å². The number of nitro groups is 2. The van der Waals surface area contributed by atoms with Crippen molar-refractivity contribution < 1.29 is 24.4 Å². The first kappa shape index (κ1) is 19.6. The van der Waals surface area contributed by atoms with Gasteiger partial charge in [0.2, 0.25) is 10.0 Å². The largest absolute Gasteiger partial charge is 0.300 e. The number of benzene rings is 2. The van der Waals surface area contributed by atoms with Crippen molar-refractivity contribution in [2.45, 2.75) is 24.8 Å². The highest BCUT2D eigenvalue weighted by Gasteiger charge is 2.32. The van der Waals surface area contributed by atoms with Crippen LogP contribution in [0.1, 0.15) is 26.8 Å². The molecule has 0 aromatic heterocycles. The Bertz CT molecular complexity index is 1040. The summed E-state index contributed by atoms with van der Waals surface area (Å²) in [5, 5.41) is 22.0. The Morgan fingerprint density at radius 1 is 1.07 bits per heavy atom. The lowest BCUT2D eigenvalue weighted by atomic mass is 9.92. The van der Waals surface area contributed by atoms with Crippen LogP contribution in [0, 0.1) is 26.1 Å². The van der Waals surface area contributed by atoms with Gasteiger partial charge in [-0.3, -0.25) is 25.0 Å². The quantitative estimate of drug-likeness (QED) is 0.521. The van der Waals surface area contributed by atoms with Crippen LogP contribution in [0.2, 0.25) is 0 Å². The molecule has 0 aliphatic carbocycles. The summed E-state index contributed by atoms with van der Waals surface area (Å²) in [5.41, 5.74) is -0.669. The first-order chi connectivity index (χ1) is 13.6. The summed E-state index contributed by atoms with van der Waals surface area (Å²) >= 11 is 0. The highest BCUT2D eigenvalue weighted by molar-refractivity contribution is 7.89. The molecule has 0 bridgehead atoms. The van der Waals surface area contributed by atoms with Gasteiger partial charge in [-0.2, -0.15) is 0 Å². The first-order valence-corrected chi connectivity index (χ1v) is 9.36. The van der Waals surface area contributed by atoms with Crippen molar-refractivity contribution in [3.8, 4) is 0 Å². The fourth-order valence-corrected chi connectivity index (χ4v) is 3.92. The van der Waals surface area contributed by atoms with Crippen LogP contribution >= 0.6 is 0 Å². The highest BCUT2D eigenvalue weighted by Crippen LogP contribution is 2.29. The highest BCUT2D eigenvalue weighted by atomic mass is 32.2. The van der Waals surface area contributed by atoms with Crippen LogP contribution < -0.4 is 4.72 Å². The van der Waals surface area contributed by atoms with Crippen molar-refractivity contribution in [2.24, 2.45) is 5.92 Å². The topological polar surface area (TPSA) is 150 Å². The van der Waals surface area contributed by atoms with Gasteiger partial charge in [0, 0.05) is 25.5 Å². The number of rotatable bonds is 8. The predicted molar refractivity (Wildman–Crippen MR) is 99.1 cm³/mol. The van der Waals surface area contributed by atoms with Gasteiger partial charge in [0.15, 0.2) is 4.90 Å². The molecule has 2 aromatic rings. The molecule has 2 rings (SSSR count). The molecule has 11 heteroatoms. The normalized spacial score (nSPS) is 14.0. The van der Waals surface area contributed by atoms with E-state index in [9.17, 15) is 33.4 Å². The lowest BCUT2D eigenvalue weighted by Gasteiger charge is -2.23. The molecule has 28 heavy (non-hydrogen) atoms. The molecule has 148 valence electrons. The number of nitrogens with zero attached hydrogens (tertiary/aromatic N) is 2. The summed E-state index contributed by atoms with van der Waals surface area (Å²) in [6, 6.07) is 8.30. The molecule has 0 aliphatic heterocycles. The van der Waals surface area contributed by atoms with Gasteiger partial charge in [-0.25, -0.2) is 13.1 Å². The van der Waals surface area contributed by atoms with Crippen molar-refractivity contribution in [3.05, 3.63) is 74.3 Å². The molecule has 0 aliphatic rings. The van der Waals surface area contributed by atoms with Crippen LogP contribution in [0.4, 0.5) is 11.4 Å². The minimum absolute atomic E-state index is 0.213. The van der Waals surface area contributed by atoms with Crippen molar-refractivity contribution in [1.29, 1.82) is 0 Å². The van der Waals surface area contributed by atoms with E-state index in [0.717, 1.165) is 24.3 Å². The second kappa shape index (κ2) is 8.23. The average molecular weight is 408 g/mol. The molecule has 0 saturated carbocycles. The van der Waals surface area contributed by atoms with E-state index in [1.807, 2.05) is 0 Å². The number of carbonyl (C=O) groups is 1. The summed E-state index contributed by atoms with van der Waals surface area (Å²) < 4.78 is 35.6. The summed E-state index contributed by atoms with van der Waals surface area (Å²) in [7, 11) is -4.46. The second-order valence-electron chi connectivity index (χ2n) is 5.89. The third-order valence-electron chi connectivity index (χ3n) is 4.02. The van der Waals surface area contributed by atoms with Gasteiger partial charge in [0.05, 0.1) is 15.9 Å². The van der Waals surface area contributed by atoms with E-state index >= 15 is 0 Å². The predicted octanol–water partition coefficient (Wildman–Crippen LogP) is 2.75. The number of nitrogens with one attached hydrogen (secondary N) is 1. The molecule has 1 N–H and O–H groups in total. The Kier molecular flexibility index (Phi) is 5.76. The van der Waals surface area contributed by atoms with Gasteiger partial charge >= 0.3 is 0 Å². The molecule has 0 fully saturated rings. The number of para-hydroxylation sites is 1. The molecule has 0 spiro atoms. The molecule has 0 unspecified atom stereocenters. The zero-order valence-corrected chi connectivity index (χ0v) is 15.5. The number of carbonyl (C=O) groups excluding carboxylic acids is 1. The van der Waals surface area contributed by atoms with Gasteiger partial charge in [-0.1, -0.05) is 31.2 Å². The smallest absolute Gasteiger partial charge is 0.289 e. The fraction of sp³-hybridized carbons (Fsp3) is 0.235. The minimum atomic E-state index is -4.46. The lowest BCUT2D eigenvalue weighted by molar-refractivity contribution is -0.387. The van der Waals surface area contributed by atoms with Gasteiger partial charge in [0.1, 0.15) is 5.78 Å². The fourth-order valence-electron chi connectivity index (χ4n) is 2.49. The molecule has 0 radical (unpaired) electrons. The van der Waals surface area contributed by atoms with Gasteiger partial charge < -0.3 is 0 Å². The zero-order valence-electron chi connectivity index (χ0n) is 15.6. The third-order valence-corrected chi connectivity index (χ3v) is 5.51. The molecule has 2 aromatic carbocycles. The molecule has 0 saturated heterocycles. The van der Waals surface area contributed by atoms with Crippen LogP contribution in [-0.4, -0.2) is 24.0 Å². The van der Waals surface area contributed by atoms with Crippen LogP contribution in [0.15, 0.2) is 53.4 Å². The van der Waals surface area contributed by atoms with Crippen molar-refractivity contribution in [1.82, 2.24) is 4.72 Å². The molecule has 10 nitrogen and oxygen atoms in total. The van der Waals surface area contributed by atoms with Gasteiger partial charge in [0.25, 0.3) is 11.4 Å². The van der Waals surface area contributed by atoms with Crippen LogP contribution in [0.25, 0.3) is 0 Å². The van der Waals surface area contributed by atoms with E-state index in [-0.39, 0.29) is 11.3 Å². The SMILES string of the molecule is [2H]C[C@@H](C(C)=O)[C@@H](NS(=O)(=O)c1ccccc1[N+](=O)[O-])c1ccc([N+](=O)[O-])cc1. The Morgan fingerprint density at radius 2 is 1.68 bits per heavy atom. The standard InChI is InChI=1S/C17H17N3O7S/c1-11(12(2)21)17(13-7-9-14(10-8-13)19(22)23)18-28(26,27)16-6-4-3-5-15(16)20(24)25/h3-11,17-18H,1-2H3/t11-,17+/m0/s1/i1D. The Balaban J connectivity index is 2.54. The number of ketones is 1. The number of sulfonamides is 1. The maximum Gasteiger partial charge on any atom is 0.289 e. The van der Waals surface area contributed by atoms with E-state index in [0.29, 0.717) is 0 Å². The second-order valence-corrected chi connectivity index (χ2v) is 7.57. The van der Waals surface area contributed by atoms with E-state index in [2.05, 4.69) is 4.72 Å². The lowest BCUT2D eigenvalue weighted by Crippen LogP contribution is -2.35. The van der Waals surface area contributed by atoms with E-state index < -0.39 is 55.1 Å². The summed E-state index contributed by atoms with van der Waals surface area (Å²) in [6.07, 6.45) is 0. The third kappa shape index (κ3) is 4.56. The molecule has 0 heterocycles. The number of hydrogen-bond donors (Lipinski definition) is 1. The number of Topliss-reactive ketones (excluding diaryl/α,β-unsaturated/α-hetero) is 1. The van der Waals surface area contributed by atoms with E-state index in [1.165, 1.54) is 31.2 Å². The Labute approximate surface area is 161 Å². The maximum absolute atomic E-state index is 12.9. The maximum atomic E-state index is 12.9. The van der Waals surface area contributed by atoms with Crippen LogP contribution in [0.3, 0.4) is 0 Å². The van der Waals surface area contributed by atoms with E-state index in [1.54, 1.807) is 0 Å². The molecule has 0 amide bonds. The monoisotopic (exact) mass is 408 g/mol. The number of nitro benzene ring substituents is 2. The Morgan fingerprint density at radius 3 is 2.18 bits per heavy atom. The minimum Gasteiger partial charge on any atom is -0.300 e. The van der Waals surface area contributed by atoms with Crippen LogP contribution in [0.5, 0.6) is 0 Å². The van der Waals surface area contributed by atoms with Crippen LogP contribution in [-0.2, 0) is 14.8 Å². The zero-order chi connectivity index (χ0) is 21.8. The van der Waals surface area contributed by atoms with E-state index in [4.69, 9.17) is 1.37 Å². The van der Waals surface area contributed by atoms with Crippen molar-refractivity contribution in [2.75, 3.05) is 0 Å². The average Bonchev–Trinajstić information content (AvgIpc) is 2.67. The summed E-state index contributed by atoms with van der Waals surface area (Å²) in [6.45, 7) is 0.729. The first-order valence-electron chi connectivity index (χ1n) is 8.59. The van der Waals surface area contributed by atoms with Crippen molar-refractivity contribution >= 4 is 27.2 Å².